The zero-order valence-corrected chi connectivity index (χ0v) is 11.8. The van der Waals surface area contributed by atoms with Gasteiger partial charge in [-0.25, -0.2) is 0 Å². The van der Waals surface area contributed by atoms with Gasteiger partial charge in [0.15, 0.2) is 0 Å². The molecule has 1 atom stereocenters. The fourth-order valence-corrected chi connectivity index (χ4v) is 3.08. The Balaban J connectivity index is 1.67. The van der Waals surface area contributed by atoms with Crippen LogP contribution >= 0.6 is 0 Å². The van der Waals surface area contributed by atoms with E-state index < -0.39 is 0 Å². The van der Waals surface area contributed by atoms with Gasteiger partial charge in [-0.2, -0.15) is 0 Å². The minimum atomic E-state index is 0.374. The van der Waals surface area contributed by atoms with Gasteiger partial charge in [0.25, 0.3) is 0 Å². The van der Waals surface area contributed by atoms with Crippen LogP contribution in [0.25, 0.3) is 0 Å². The lowest BCUT2D eigenvalue weighted by molar-refractivity contribution is -0.132. The van der Waals surface area contributed by atoms with Crippen LogP contribution in [0, 0.1) is 5.92 Å². The van der Waals surface area contributed by atoms with Gasteiger partial charge in [0.2, 0.25) is 5.91 Å². The maximum absolute atomic E-state index is 12.1. The third-order valence-electron chi connectivity index (χ3n) is 4.48. The Morgan fingerprint density at radius 1 is 1.28 bits per heavy atom. The van der Waals surface area contributed by atoms with Gasteiger partial charge in [-0.1, -0.05) is 0 Å². The number of amides is 1. The van der Waals surface area contributed by atoms with Crippen molar-refractivity contribution in [2.24, 2.45) is 5.92 Å². The van der Waals surface area contributed by atoms with Crippen LogP contribution in [0.2, 0.25) is 0 Å². The molecule has 1 N–H and O–H groups in total. The number of hydrogen-bond donors (Lipinski definition) is 1. The number of carbonyl (C=O) groups is 1. The van der Waals surface area contributed by atoms with E-state index in [1.165, 1.54) is 6.42 Å². The molecule has 2 aliphatic rings. The summed E-state index contributed by atoms with van der Waals surface area (Å²) < 4.78 is 0. The Kier molecular flexibility index (Phi) is 5.01. The van der Waals surface area contributed by atoms with E-state index in [0.29, 0.717) is 11.9 Å². The molecule has 0 saturated carbocycles. The Morgan fingerprint density at radius 3 is 2.56 bits per heavy atom. The number of nitrogens with zero attached hydrogens (tertiary/aromatic N) is 2. The fraction of sp³-hybridized carbons (Fsp3) is 0.929. The summed E-state index contributed by atoms with van der Waals surface area (Å²) in [6.45, 7) is 4.14. The van der Waals surface area contributed by atoms with Crippen LogP contribution in [0.15, 0.2) is 0 Å². The van der Waals surface area contributed by atoms with E-state index >= 15 is 0 Å². The Morgan fingerprint density at radius 2 is 2.00 bits per heavy atom. The summed E-state index contributed by atoms with van der Waals surface area (Å²) in [4.78, 5) is 16.5. The zero-order chi connectivity index (χ0) is 13.0. The molecule has 0 aromatic heterocycles. The number of piperidine rings is 1. The van der Waals surface area contributed by atoms with Crippen molar-refractivity contribution in [2.45, 2.75) is 38.1 Å². The minimum absolute atomic E-state index is 0.374. The Hall–Kier alpha value is -0.610. The number of rotatable bonds is 4. The molecule has 18 heavy (non-hydrogen) atoms. The van der Waals surface area contributed by atoms with Gasteiger partial charge in [-0.15, -0.1) is 0 Å². The predicted molar refractivity (Wildman–Crippen MR) is 73.5 cm³/mol. The van der Waals surface area contributed by atoms with E-state index in [2.05, 4.69) is 29.2 Å². The molecule has 1 unspecified atom stereocenters. The molecule has 2 heterocycles. The molecular formula is C14H27N3O. The van der Waals surface area contributed by atoms with Crippen molar-refractivity contribution in [1.82, 2.24) is 15.1 Å². The second kappa shape index (κ2) is 6.53. The molecule has 1 amide bonds. The molecule has 2 saturated heterocycles. The van der Waals surface area contributed by atoms with Gasteiger partial charge in [0, 0.05) is 25.6 Å². The van der Waals surface area contributed by atoms with Crippen molar-refractivity contribution in [3.63, 3.8) is 0 Å². The fourth-order valence-electron chi connectivity index (χ4n) is 3.08. The van der Waals surface area contributed by atoms with Crippen molar-refractivity contribution >= 4 is 5.91 Å². The van der Waals surface area contributed by atoms with Gasteiger partial charge in [0.05, 0.1) is 0 Å². The molecule has 0 aliphatic carbocycles. The molecule has 0 bridgehead atoms. The molecule has 2 aliphatic heterocycles. The number of carbonyl (C=O) groups excluding carboxylic acids is 1. The smallest absolute Gasteiger partial charge is 0.222 e. The van der Waals surface area contributed by atoms with Gasteiger partial charge in [-0.05, 0) is 58.8 Å². The molecule has 0 spiro atoms. The summed E-state index contributed by atoms with van der Waals surface area (Å²) in [7, 11) is 4.27. The Bertz CT molecular complexity index is 266. The minimum Gasteiger partial charge on any atom is -0.343 e. The van der Waals surface area contributed by atoms with Crippen LogP contribution in [0.1, 0.15) is 32.1 Å². The first-order valence-corrected chi connectivity index (χ1v) is 7.31. The lowest BCUT2D eigenvalue weighted by atomic mass is 10.0. The molecule has 0 aromatic rings. The second-order valence-electron chi connectivity index (χ2n) is 5.97. The first-order valence-electron chi connectivity index (χ1n) is 7.31. The summed E-state index contributed by atoms with van der Waals surface area (Å²) in [5.74, 6) is 1.10. The number of hydrogen-bond acceptors (Lipinski definition) is 3. The van der Waals surface area contributed by atoms with Crippen molar-refractivity contribution in [3.05, 3.63) is 0 Å². The standard InChI is InChI=1S/C14H27N3O/c1-16(2)13-6-9-17(10-7-13)14(18)4-3-12-5-8-15-11-12/h12-13,15H,3-11H2,1-2H3. The first-order chi connectivity index (χ1) is 8.66. The van der Waals surface area contributed by atoms with Gasteiger partial charge in [-0.3, -0.25) is 4.79 Å². The monoisotopic (exact) mass is 253 g/mol. The Labute approximate surface area is 111 Å². The summed E-state index contributed by atoms with van der Waals surface area (Å²) in [5, 5.41) is 3.36. The topological polar surface area (TPSA) is 35.6 Å². The number of nitrogens with one attached hydrogen (secondary N) is 1. The highest BCUT2D eigenvalue weighted by molar-refractivity contribution is 5.76. The summed E-state index contributed by atoms with van der Waals surface area (Å²) in [5.41, 5.74) is 0. The van der Waals surface area contributed by atoms with E-state index in [0.717, 1.165) is 57.8 Å². The van der Waals surface area contributed by atoms with E-state index in [-0.39, 0.29) is 0 Å². The van der Waals surface area contributed by atoms with E-state index in [1.807, 2.05) is 0 Å². The molecule has 2 fully saturated rings. The van der Waals surface area contributed by atoms with Crippen LogP contribution in [0.5, 0.6) is 0 Å². The largest absolute Gasteiger partial charge is 0.343 e. The van der Waals surface area contributed by atoms with E-state index in [9.17, 15) is 4.79 Å². The van der Waals surface area contributed by atoms with Crippen LogP contribution in [-0.4, -0.2) is 62.0 Å². The van der Waals surface area contributed by atoms with Crippen LogP contribution in [0.4, 0.5) is 0 Å². The first kappa shape index (κ1) is 13.8. The van der Waals surface area contributed by atoms with Crippen molar-refractivity contribution < 1.29 is 4.79 Å². The third-order valence-corrected chi connectivity index (χ3v) is 4.48. The number of likely N-dealkylation sites (tertiary alicyclic amines) is 1. The van der Waals surface area contributed by atoms with Crippen LogP contribution < -0.4 is 5.32 Å². The molecule has 0 radical (unpaired) electrons. The third kappa shape index (κ3) is 3.69. The van der Waals surface area contributed by atoms with Gasteiger partial charge in [0.1, 0.15) is 0 Å². The summed E-state index contributed by atoms with van der Waals surface area (Å²) in [6, 6.07) is 0.660. The second-order valence-corrected chi connectivity index (χ2v) is 5.97. The highest BCUT2D eigenvalue weighted by Gasteiger charge is 2.24. The SMILES string of the molecule is CN(C)C1CCN(C(=O)CCC2CCNC2)CC1. The van der Waals surface area contributed by atoms with E-state index in [1.54, 1.807) is 0 Å². The highest BCUT2D eigenvalue weighted by atomic mass is 16.2. The van der Waals surface area contributed by atoms with Crippen LogP contribution in [0.3, 0.4) is 0 Å². The maximum atomic E-state index is 12.1. The molecular weight excluding hydrogens is 226 g/mol. The quantitative estimate of drug-likeness (QED) is 0.809. The maximum Gasteiger partial charge on any atom is 0.222 e. The lowest BCUT2D eigenvalue weighted by Crippen LogP contribution is -2.44. The molecule has 0 aromatic carbocycles. The molecule has 104 valence electrons. The molecule has 2 rings (SSSR count). The van der Waals surface area contributed by atoms with E-state index in [4.69, 9.17) is 0 Å². The molecule has 4 nitrogen and oxygen atoms in total. The highest BCUT2D eigenvalue weighted by Crippen LogP contribution is 2.18. The van der Waals surface area contributed by atoms with Gasteiger partial charge >= 0.3 is 0 Å². The zero-order valence-electron chi connectivity index (χ0n) is 11.8. The summed E-state index contributed by atoms with van der Waals surface area (Å²) in [6.07, 6.45) is 5.32. The van der Waals surface area contributed by atoms with Gasteiger partial charge < -0.3 is 15.1 Å². The summed E-state index contributed by atoms with van der Waals surface area (Å²) >= 11 is 0. The van der Waals surface area contributed by atoms with Crippen molar-refractivity contribution in [2.75, 3.05) is 40.3 Å². The van der Waals surface area contributed by atoms with Crippen LogP contribution in [-0.2, 0) is 4.79 Å². The average Bonchev–Trinajstić information content (AvgIpc) is 2.89. The van der Waals surface area contributed by atoms with Crippen molar-refractivity contribution in [3.8, 4) is 0 Å². The lowest BCUT2D eigenvalue weighted by Gasteiger charge is -2.35. The predicted octanol–water partition coefficient (Wildman–Crippen LogP) is 0.929. The normalized spacial score (nSPS) is 25.9. The average molecular weight is 253 g/mol. The molecule has 4 heteroatoms. The van der Waals surface area contributed by atoms with Crippen molar-refractivity contribution in [1.29, 1.82) is 0 Å².